The number of amides is 1. The largest absolute Gasteiger partial charge is 0.300 e. The Morgan fingerprint density at radius 3 is 2.45 bits per heavy atom. The highest BCUT2D eigenvalue weighted by Crippen LogP contribution is 2.64. The average Bonchev–Trinajstić information content (AvgIpc) is 3.09. The fraction of sp³-hybridized carbons (Fsp3) is 0.800. The number of nitrogens with zero attached hydrogens (tertiary/aromatic N) is 2. The van der Waals surface area contributed by atoms with Crippen LogP contribution in [0.3, 0.4) is 0 Å². The zero-order chi connectivity index (χ0) is 15.2. The van der Waals surface area contributed by atoms with Gasteiger partial charge in [0.25, 0.3) is 0 Å². The molecular weight excluding hydrogens is 334 g/mol. The van der Waals surface area contributed by atoms with Crippen molar-refractivity contribution in [3.63, 3.8) is 0 Å². The molecule has 1 spiro atoms. The summed E-state index contributed by atoms with van der Waals surface area (Å²) in [5, 5.41) is 12.5. The van der Waals surface area contributed by atoms with Gasteiger partial charge in [0.2, 0.25) is 11.0 Å². The van der Waals surface area contributed by atoms with Gasteiger partial charge in [0, 0.05) is 17.4 Å². The van der Waals surface area contributed by atoms with Crippen LogP contribution >= 0.6 is 34.9 Å². The van der Waals surface area contributed by atoms with Crippen LogP contribution in [0.25, 0.3) is 0 Å². The highest BCUT2D eigenvalue weighted by Gasteiger charge is 2.55. The van der Waals surface area contributed by atoms with E-state index in [0.29, 0.717) is 21.0 Å². The molecule has 3 fully saturated rings. The molecule has 2 atom stereocenters. The standard InChI is InChI=1S/C15H21N3OS3/c1-9-17-18-14(22-9)16-13(19)10-7-11-3-2-4-12(8-10)15(11)20-5-6-21-15/h10-12H,2-8H2,1H3,(H,16,18,19). The van der Waals surface area contributed by atoms with Crippen LogP contribution in [0.5, 0.6) is 0 Å². The van der Waals surface area contributed by atoms with Gasteiger partial charge in [-0.15, -0.1) is 33.7 Å². The molecule has 2 saturated carbocycles. The lowest BCUT2D eigenvalue weighted by molar-refractivity contribution is -0.122. The summed E-state index contributed by atoms with van der Waals surface area (Å²) in [4.78, 5) is 12.6. The van der Waals surface area contributed by atoms with E-state index in [1.54, 1.807) is 0 Å². The Morgan fingerprint density at radius 1 is 1.18 bits per heavy atom. The van der Waals surface area contributed by atoms with Gasteiger partial charge in [-0.25, -0.2) is 0 Å². The Labute approximate surface area is 143 Å². The molecule has 1 N–H and O–H groups in total. The molecule has 2 aliphatic carbocycles. The van der Waals surface area contributed by atoms with Gasteiger partial charge in [0.1, 0.15) is 5.01 Å². The molecular formula is C15H21N3OS3. The quantitative estimate of drug-likeness (QED) is 0.875. The summed E-state index contributed by atoms with van der Waals surface area (Å²) in [7, 11) is 0. The number of rotatable bonds is 2. The maximum absolute atomic E-state index is 12.6. The average molecular weight is 356 g/mol. The Hall–Kier alpha value is -0.270. The van der Waals surface area contributed by atoms with Gasteiger partial charge in [0.05, 0.1) is 4.08 Å². The van der Waals surface area contributed by atoms with Crippen molar-refractivity contribution in [1.29, 1.82) is 0 Å². The number of hydrogen-bond donors (Lipinski definition) is 1. The van der Waals surface area contributed by atoms with Gasteiger partial charge >= 0.3 is 0 Å². The zero-order valence-electron chi connectivity index (χ0n) is 12.7. The number of aryl methyl sites for hydroxylation is 1. The molecule has 2 unspecified atom stereocenters. The normalized spacial score (nSPS) is 33.0. The van der Waals surface area contributed by atoms with E-state index in [1.807, 2.05) is 6.92 Å². The smallest absolute Gasteiger partial charge is 0.229 e. The molecule has 3 aliphatic rings. The molecule has 1 amide bonds. The summed E-state index contributed by atoms with van der Waals surface area (Å²) < 4.78 is 0.439. The van der Waals surface area contributed by atoms with Gasteiger partial charge in [-0.05, 0) is 44.4 Å². The first-order chi connectivity index (χ1) is 10.7. The number of hydrogen-bond acceptors (Lipinski definition) is 6. The molecule has 0 radical (unpaired) electrons. The summed E-state index contributed by atoms with van der Waals surface area (Å²) >= 11 is 5.84. The van der Waals surface area contributed by atoms with E-state index >= 15 is 0 Å². The van der Waals surface area contributed by atoms with Gasteiger partial charge in [-0.2, -0.15) is 0 Å². The van der Waals surface area contributed by atoms with E-state index < -0.39 is 0 Å². The lowest BCUT2D eigenvalue weighted by Crippen LogP contribution is -2.48. The predicted octanol–water partition coefficient (Wildman–Crippen LogP) is 3.79. The SMILES string of the molecule is Cc1nnc(NC(=O)C2CC3CCCC(C2)C32SCCS2)s1. The molecule has 120 valence electrons. The van der Waals surface area contributed by atoms with Crippen LogP contribution in [0.15, 0.2) is 0 Å². The van der Waals surface area contributed by atoms with Crippen molar-refractivity contribution < 1.29 is 4.79 Å². The molecule has 1 aromatic rings. The van der Waals surface area contributed by atoms with Crippen LogP contribution in [0.1, 0.15) is 37.1 Å². The first-order valence-corrected chi connectivity index (χ1v) is 10.8. The van der Waals surface area contributed by atoms with Crippen molar-refractivity contribution in [2.45, 2.75) is 43.1 Å². The minimum Gasteiger partial charge on any atom is -0.300 e. The lowest BCUT2D eigenvalue weighted by atomic mass is 9.67. The minimum absolute atomic E-state index is 0.159. The van der Waals surface area contributed by atoms with Gasteiger partial charge < -0.3 is 5.32 Å². The van der Waals surface area contributed by atoms with E-state index in [9.17, 15) is 4.79 Å². The third-order valence-electron chi connectivity index (χ3n) is 5.25. The van der Waals surface area contributed by atoms with Crippen LogP contribution in [0.2, 0.25) is 0 Å². The molecule has 1 aliphatic heterocycles. The van der Waals surface area contributed by atoms with Crippen molar-refractivity contribution in [2.24, 2.45) is 17.8 Å². The molecule has 2 bridgehead atoms. The second-order valence-corrected chi connectivity index (χ2v) is 10.7. The van der Waals surface area contributed by atoms with Crippen molar-refractivity contribution in [1.82, 2.24) is 10.2 Å². The number of anilines is 1. The predicted molar refractivity (Wildman–Crippen MR) is 94.5 cm³/mol. The van der Waals surface area contributed by atoms with E-state index in [-0.39, 0.29) is 11.8 Å². The molecule has 1 aromatic heterocycles. The van der Waals surface area contributed by atoms with Crippen molar-refractivity contribution in [3.05, 3.63) is 5.01 Å². The van der Waals surface area contributed by atoms with Crippen LogP contribution in [-0.2, 0) is 4.79 Å². The second kappa shape index (κ2) is 5.98. The number of carbonyl (C=O) groups excluding carboxylic acids is 1. The first kappa shape index (κ1) is 15.3. The summed E-state index contributed by atoms with van der Waals surface area (Å²) in [5.74, 6) is 4.33. The van der Waals surface area contributed by atoms with E-state index in [0.717, 1.165) is 17.8 Å². The number of nitrogens with one attached hydrogen (secondary N) is 1. The summed E-state index contributed by atoms with van der Waals surface area (Å²) in [6.45, 7) is 1.91. The topological polar surface area (TPSA) is 54.9 Å². The van der Waals surface area contributed by atoms with Crippen molar-refractivity contribution >= 4 is 45.9 Å². The molecule has 4 rings (SSSR count). The maximum Gasteiger partial charge on any atom is 0.229 e. The number of aromatic nitrogens is 2. The fourth-order valence-electron chi connectivity index (χ4n) is 4.38. The molecule has 1 saturated heterocycles. The molecule has 22 heavy (non-hydrogen) atoms. The Bertz CT molecular complexity index is 554. The Kier molecular flexibility index (Phi) is 4.15. The van der Waals surface area contributed by atoms with Gasteiger partial charge in [-0.1, -0.05) is 17.8 Å². The van der Waals surface area contributed by atoms with Crippen molar-refractivity contribution in [3.8, 4) is 0 Å². The third-order valence-corrected chi connectivity index (χ3v) is 10.0. The third kappa shape index (κ3) is 2.59. The Morgan fingerprint density at radius 2 is 1.86 bits per heavy atom. The van der Waals surface area contributed by atoms with Gasteiger partial charge in [0.15, 0.2) is 0 Å². The highest BCUT2D eigenvalue weighted by atomic mass is 32.2. The van der Waals surface area contributed by atoms with Crippen LogP contribution in [0, 0.1) is 24.7 Å². The lowest BCUT2D eigenvalue weighted by Gasteiger charge is -2.51. The van der Waals surface area contributed by atoms with E-state index in [2.05, 4.69) is 39.0 Å². The highest BCUT2D eigenvalue weighted by molar-refractivity contribution is 8.21. The monoisotopic (exact) mass is 355 g/mol. The van der Waals surface area contributed by atoms with Crippen LogP contribution in [-0.4, -0.2) is 31.7 Å². The summed E-state index contributed by atoms with van der Waals surface area (Å²) in [6, 6.07) is 0. The van der Waals surface area contributed by atoms with Crippen molar-refractivity contribution in [2.75, 3.05) is 16.8 Å². The molecule has 4 nitrogen and oxygen atoms in total. The summed E-state index contributed by atoms with van der Waals surface area (Å²) in [5.41, 5.74) is 0. The van der Waals surface area contributed by atoms with Crippen LogP contribution < -0.4 is 5.32 Å². The minimum atomic E-state index is 0.159. The molecule has 2 heterocycles. The number of carbonyl (C=O) groups is 1. The molecule has 7 heteroatoms. The Balaban J connectivity index is 1.47. The van der Waals surface area contributed by atoms with Crippen LogP contribution in [0.4, 0.5) is 5.13 Å². The fourth-order valence-corrected chi connectivity index (χ4v) is 8.91. The first-order valence-electron chi connectivity index (χ1n) is 8.06. The van der Waals surface area contributed by atoms with E-state index in [1.165, 1.54) is 42.1 Å². The van der Waals surface area contributed by atoms with E-state index in [4.69, 9.17) is 0 Å². The maximum atomic E-state index is 12.6. The molecule has 0 aromatic carbocycles. The van der Waals surface area contributed by atoms with Gasteiger partial charge in [-0.3, -0.25) is 4.79 Å². The second-order valence-electron chi connectivity index (χ2n) is 6.53. The summed E-state index contributed by atoms with van der Waals surface area (Å²) in [6.07, 6.45) is 6.07. The number of thioether (sulfide) groups is 2. The zero-order valence-corrected chi connectivity index (χ0v) is 15.2.